The van der Waals surface area contributed by atoms with Crippen molar-refractivity contribution >= 4 is 11.6 Å². The standard InChI is InChI=1S/C14H17F3N2O2/c15-14(16,17)9-2-3-11(20)10(6-9)19-12(21)7-13(8-18)4-1-5-13/h2-3,6,20H,1,4-5,7-8,18H2,(H,19,21). The lowest BCUT2D eigenvalue weighted by Gasteiger charge is -2.40. The summed E-state index contributed by atoms with van der Waals surface area (Å²) in [6.45, 7) is 0.370. The molecule has 1 aromatic carbocycles. The number of halogens is 3. The number of phenolic OH excluding ortho intramolecular Hbond substituents is 1. The minimum Gasteiger partial charge on any atom is -0.506 e. The zero-order valence-corrected chi connectivity index (χ0v) is 11.3. The van der Waals surface area contributed by atoms with Gasteiger partial charge in [-0.15, -0.1) is 0 Å². The van der Waals surface area contributed by atoms with Crippen LogP contribution in [-0.2, 0) is 11.0 Å². The van der Waals surface area contributed by atoms with E-state index < -0.39 is 23.4 Å². The molecule has 0 aliphatic heterocycles. The van der Waals surface area contributed by atoms with Gasteiger partial charge in [0.2, 0.25) is 5.91 Å². The van der Waals surface area contributed by atoms with Crippen molar-refractivity contribution in [3.05, 3.63) is 23.8 Å². The molecule has 0 aromatic heterocycles. The summed E-state index contributed by atoms with van der Waals surface area (Å²) < 4.78 is 37.8. The van der Waals surface area contributed by atoms with Gasteiger partial charge in [0.1, 0.15) is 5.75 Å². The largest absolute Gasteiger partial charge is 0.506 e. The molecule has 7 heteroatoms. The second-order valence-corrected chi connectivity index (χ2v) is 5.51. The van der Waals surface area contributed by atoms with E-state index in [-0.39, 0.29) is 17.5 Å². The third-order valence-electron chi connectivity index (χ3n) is 3.98. The number of hydrogen-bond donors (Lipinski definition) is 3. The number of anilines is 1. The van der Waals surface area contributed by atoms with E-state index in [0.717, 1.165) is 37.5 Å². The Morgan fingerprint density at radius 1 is 1.38 bits per heavy atom. The van der Waals surface area contributed by atoms with Crippen molar-refractivity contribution in [1.29, 1.82) is 0 Å². The van der Waals surface area contributed by atoms with Crippen molar-refractivity contribution in [3.8, 4) is 5.75 Å². The molecule has 0 atom stereocenters. The Morgan fingerprint density at radius 3 is 2.52 bits per heavy atom. The molecule has 0 radical (unpaired) electrons. The van der Waals surface area contributed by atoms with Crippen LogP contribution in [0.3, 0.4) is 0 Å². The average Bonchev–Trinajstić information content (AvgIpc) is 2.35. The number of benzene rings is 1. The summed E-state index contributed by atoms with van der Waals surface area (Å²) in [5.41, 5.74) is 4.24. The summed E-state index contributed by atoms with van der Waals surface area (Å²) in [4.78, 5) is 11.9. The van der Waals surface area contributed by atoms with Crippen LogP contribution in [0.4, 0.5) is 18.9 Å². The van der Waals surface area contributed by atoms with E-state index in [1.54, 1.807) is 0 Å². The zero-order valence-electron chi connectivity index (χ0n) is 11.3. The summed E-state index contributed by atoms with van der Waals surface area (Å²) in [7, 11) is 0. The highest BCUT2D eigenvalue weighted by atomic mass is 19.4. The van der Waals surface area contributed by atoms with Gasteiger partial charge in [0.05, 0.1) is 11.3 Å². The molecule has 4 nitrogen and oxygen atoms in total. The maximum Gasteiger partial charge on any atom is 0.416 e. The molecule has 0 saturated heterocycles. The van der Waals surface area contributed by atoms with Crippen molar-refractivity contribution in [2.45, 2.75) is 31.9 Å². The summed E-state index contributed by atoms with van der Waals surface area (Å²) in [6, 6.07) is 2.40. The number of aromatic hydroxyl groups is 1. The quantitative estimate of drug-likeness (QED) is 0.749. The fourth-order valence-electron chi connectivity index (χ4n) is 2.48. The number of alkyl halides is 3. The lowest BCUT2D eigenvalue weighted by atomic mass is 9.66. The third-order valence-corrected chi connectivity index (χ3v) is 3.98. The van der Waals surface area contributed by atoms with Crippen LogP contribution in [0.25, 0.3) is 0 Å². The molecule has 1 aliphatic rings. The van der Waals surface area contributed by atoms with E-state index in [9.17, 15) is 23.1 Å². The topological polar surface area (TPSA) is 75.4 Å². The monoisotopic (exact) mass is 302 g/mol. The summed E-state index contributed by atoms with van der Waals surface area (Å²) in [5, 5.41) is 11.9. The maximum atomic E-state index is 12.6. The van der Waals surface area contributed by atoms with Crippen LogP contribution in [0.2, 0.25) is 0 Å². The predicted molar refractivity (Wildman–Crippen MR) is 71.7 cm³/mol. The highest BCUT2D eigenvalue weighted by Gasteiger charge is 2.37. The molecule has 21 heavy (non-hydrogen) atoms. The maximum absolute atomic E-state index is 12.6. The third kappa shape index (κ3) is 3.47. The van der Waals surface area contributed by atoms with Gasteiger partial charge in [0, 0.05) is 6.42 Å². The van der Waals surface area contributed by atoms with Gasteiger partial charge in [-0.2, -0.15) is 13.2 Å². The van der Waals surface area contributed by atoms with Crippen LogP contribution in [0, 0.1) is 5.41 Å². The summed E-state index contributed by atoms with van der Waals surface area (Å²) in [5.74, 6) is -0.832. The number of nitrogens with two attached hydrogens (primary N) is 1. The van der Waals surface area contributed by atoms with Crippen LogP contribution >= 0.6 is 0 Å². The Hall–Kier alpha value is -1.76. The molecule has 4 N–H and O–H groups in total. The van der Waals surface area contributed by atoms with Gasteiger partial charge in [-0.3, -0.25) is 4.79 Å². The predicted octanol–water partition coefficient (Wildman–Crippen LogP) is 2.87. The summed E-state index contributed by atoms with van der Waals surface area (Å²) in [6.07, 6.45) is -1.70. The molecule has 0 unspecified atom stereocenters. The normalized spacial score (nSPS) is 17.1. The van der Waals surface area contributed by atoms with Crippen LogP contribution in [0.1, 0.15) is 31.2 Å². The van der Waals surface area contributed by atoms with Crippen molar-refractivity contribution in [2.24, 2.45) is 11.1 Å². The van der Waals surface area contributed by atoms with Crippen molar-refractivity contribution in [1.82, 2.24) is 0 Å². The highest BCUT2D eigenvalue weighted by Crippen LogP contribution is 2.43. The molecule has 1 fully saturated rings. The van der Waals surface area contributed by atoms with E-state index >= 15 is 0 Å². The Labute approximate surface area is 120 Å². The van der Waals surface area contributed by atoms with Gasteiger partial charge in [-0.05, 0) is 43.0 Å². The van der Waals surface area contributed by atoms with E-state index in [1.807, 2.05) is 0 Å². The fraction of sp³-hybridized carbons (Fsp3) is 0.500. The van der Waals surface area contributed by atoms with Gasteiger partial charge in [0.15, 0.2) is 0 Å². The molecule has 0 bridgehead atoms. The van der Waals surface area contributed by atoms with Crippen LogP contribution < -0.4 is 11.1 Å². The minimum atomic E-state index is -4.53. The van der Waals surface area contributed by atoms with E-state index in [0.29, 0.717) is 6.54 Å². The SMILES string of the molecule is NCC1(CC(=O)Nc2cc(C(F)(F)F)ccc2O)CCC1. The lowest BCUT2D eigenvalue weighted by Crippen LogP contribution is -2.40. The number of carbonyl (C=O) groups is 1. The number of hydrogen-bond acceptors (Lipinski definition) is 3. The highest BCUT2D eigenvalue weighted by molar-refractivity contribution is 5.92. The number of amides is 1. The Balaban J connectivity index is 2.10. The number of phenols is 1. The molecule has 0 heterocycles. The van der Waals surface area contributed by atoms with Crippen molar-refractivity contribution in [2.75, 3.05) is 11.9 Å². The Kier molecular flexibility index (Phi) is 4.13. The van der Waals surface area contributed by atoms with Crippen LogP contribution in [0.15, 0.2) is 18.2 Å². The second-order valence-electron chi connectivity index (χ2n) is 5.51. The van der Waals surface area contributed by atoms with E-state index in [4.69, 9.17) is 5.73 Å². The Bertz CT molecular complexity index is 534. The first-order valence-corrected chi connectivity index (χ1v) is 6.66. The molecular weight excluding hydrogens is 285 g/mol. The van der Waals surface area contributed by atoms with Gasteiger partial charge in [0.25, 0.3) is 0 Å². The lowest BCUT2D eigenvalue weighted by molar-refractivity contribution is -0.137. The molecule has 2 rings (SSSR count). The smallest absolute Gasteiger partial charge is 0.416 e. The molecular formula is C14H17F3N2O2. The van der Waals surface area contributed by atoms with Gasteiger partial charge in [-0.1, -0.05) is 6.42 Å². The number of rotatable bonds is 4. The van der Waals surface area contributed by atoms with Gasteiger partial charge in [-0.25, -0.2) is 0 Å². The van der Waals surface area contributed by atoms with Crippen LogP contribution in [0.5, 0.6) is 5.75 Å². The molecule has 116 valence electrons. The average molecular weight is 302 g/mol. The van der Waals surface area contributed by atoms with Crippen LogP contribution in [-0.4, -0.2) is 17.6 Å². The number of nitrogens with one attached hydrogen (secondary N) is 1. The van der Waals surface area contributed by atoms with Gasteiger partial charge >= 0.3 is 6.18 Å². The zero-order chi connectivity index (χ0) is 15.7. The first-order valence-electron chi connectivity index (χ1n) is 6.66. The molecule has 1 aliphatic carbocycles. The first kappa shape index (κ1) is 15.6. The Morgan fingerprint density at radius 2 is 2.05 bits per heavy atom. The first-order chi connectivity index (χ1) is 9.76. The summed E-state index contributed by atoms with van der Waals surface area (Å²) >= 11 is 0. The second kappa shape index (κ2) is 5.55. The fourth-order valence-corrected chi connectivity index (χ4v) is 2.48. The van der Waals surface area contributed by atoms with Crippen molar-refractivity contribution in [3.63, 3.8) is 0 Å². The minimum absolute atomic E-state index is 0.152. The molecule has 0 spiro atoms. The molecule has 1 saturated carbocycles. The van der Waals surface area contributed by atoms with Crippen molar-refractivity contribution < 1.29 is 23.1 Å². The number of carbonyl (C=O) groups excluding carboxylic acids is 1. The molecule has 1 aromatic rings. The van der Waals surface area contributed by atoms with E-state index in [2.05, 4.69) is 5.32 Å². The van der Waals surface area contributed by atoms with E-state index in [1.165, 1.54) is 0 Å². The molecule has 1 amide bonds. The van der Waals surface area contributed by atoms with Gasteiger partial charge < -0.3 is 16.2 Å².